The van der Waals surface area contributed by atoms with Crippen LogP contribution in [-0.2, 0) is 11.2 Å². The molecule has 0 saturated heterocycles. The molecule has 2 rings (SSSR count). The fraction of sp³-hybridized carbons (Fsp3) is 0.167. The molecule has 0 N–H and O–H groups in total. The highest BCUT2D eigenvalue weighted by atomic mass is 16.1. The van der Waals surface area contributed by atoms with Crippen LogP contribution in [-0.4, -0.2) is 5.78 Å². The Hall–Kier alpha value is -2.15. The Morgan fingerprint density at radius 1 is 0.895 bits per heavy atom. The van der Waals surface area contributed by atoms with Gasteiger partial charge in [-0.2, -0.15) is 0 Å². The number of ketones is 1. The van der Waals surface area contributed by atoms with E-state index in [0.29, 0.717) is 6.42 Å². The van der Waals surface area contributed by atoms with Gasteiger partial charge in [0.05, 0.1) is 0 Å². The summed E-state index contributed by atoms with van der Waals surface area (Å²) in [4.78, 5) is 11.1. The van der Waals surface area contributed by atoms with Crippen LogP contribution in [0, 0.1) is 0 Å². The van der Waals surface area contributed by atoms with Crippen molar-refractivity contribution in [2.75, 3.05) is 0 Å². The summed E-state index contributed by atoms with van der Waals surface area (Å²) in [5, 5.41) is 0. The molecular weight excluding hydrogens is 232 g/mol. The zero-order valence-corrected chi connectivity index (χ0v) is 11.4. The molecule has 0 bridgehead atoms. The van der Waals surface area contributed by atoms with Crippen molar-refractivity contribution >= 4 is 11.4 Å². The summed E-state index contributed by atoms with van der Waals surface area (Å²) in [6.45, 7) is 7.56. The minimum Gasteiger partial charge on any atom is -0.300 e. The van der Waals surface area contributed by atoms with E-state index < -0.39 is 0 Å². The first-order chi connectivity index (χ1) is 9.06. The summed E-state index contributed by atoms with van der Waals surface area (Å²) < 4.78 is 0. The minimum absolute atomic E-state index is 0.193. The second-order valence-electron chi connectivity index (χ2n) is 4.93. The van der Waals surface area contributed by atoms with Crippen LogP contribution in [0.15, 0.2) is 55.1 Å². The van der Waals surface area contributed by atoms with Crippen LogP contribution in [0.3, 0.4) is 0 Å². The Labute approximate surface area is 114 Å². The average molecular weight is 250 g/mol. The smallest absolute Gasteiger partial charge is 0.134 e. The lowest BCUT2D eigenvalue weighted by Crippen LogP contribution is -1.95. The van der Waals surface area contributed by atoms with Gasteiger partial charge in [-0.3, -0.25) is 4.79 Å². The predicted octanol–water partition coefficient (Wildman–Crippen LogP) is 4.52. The first-order valence-corrected chi connectivity index (χ1v) is 6.41. The molecule has 0 amide bonds. The number of hydrogen-bond acceptors (Lipinski definition) is 1. The Balaban J connectivity index is 2.22. The first-order valence-electron chi connectivity index (χ1n) is 6.41. The van der Waals surface area contributed by atoms with Crippen LogP contribution in [0.5, 0.6) is 0 Å². The van der Waals surface area contributed by atoms with Crippen molar-refractivity contribution in [3.63, 3.8) is 0 Å². The van der Waals surface area contributed by atoms with Crippen molar-refractivity contribution in [1.82, 2.24) is 0 Å². The van der Waals surface area contributed by atoms with Crippen molar-refractivity contribution in [2.45, 2.75) is 20.3 Å². The molecule has 0 spiro atoms. The van der Waals surface area contributed by atoms with E-state index in [9.17, 15) is 4.79 Å². The summed E-state index contributed by atoms with van der Waals surface area (Å²) in [7, 11) is 0. The van der Waals surface area contributed by atoms with Gasteiger partial charge in [0.15, 0.2) is 0 Å². The highest BCUT2D eigenvalue weighted by molar-refractivity contribution is 5.78. The van der Waals surface area contributed by atoms with Gasteiger partial charge in [0.2, 0.25) is 0 Å². The third-order valence-electron chi connectivity index (χ3n) is 3.12. The van der Waals surface area contributed by atoms with E-state index in [4.69, 9.17) is 0 Å². The molecule has 0 aliphatic rings. The van der Waals surface area contributed by atoms with Crippen LogP contribution in [0.1, 0.15) is 25.0 Å². The van der Waals surface area contributed by atoms with Crippen molar-refractivity contribution in [3.05, 3.63) is 66.2 Å². The highest BCUT2D eigenvalue weighted by Gasteiger charge is 2.01. The van der Waals surface area contributed by atoms with Gasteiger partial charge in [-0.05, 0) is 36.1 Å². The SMILES string of the molecule is C=C(C)c1ccc(-c2ccc(CC(C)=O)cc2)cc1. The Morgan fingerprint density at radius 2 is 1.37 bits per heavy atom. The molecule has 2 aromatic rings. The molecule has 0 aliphatic heterocycles. The van der Waals surface area contributed by atoms with Gasteiger partial charge in [-0.25, -0.2) is 0 Å². The fourth-order valence-corrected chi connectivity index (χ4v) is 2.05. The average Bonchev–Trinajstić information content (AvgIpc) is 2.39. The maximum absolute atomic E-state index is 11.1. The molecule has 19 heavy (non-hydrogen) atoms. The fourth-order valence-electron chi connectivity index (χ4n) is 2.05. The van der Waals surface area contributed by atoms with Crippen molar-refractivity contribution in [2.24, 2.45) is 0 Å². The zero-order chi connectivity index (χ0) is 13.8. The molecule has 0 atom stereocenters. The quantitative estimate of drug-likeness (QED) is 0.779. The second kappa shape index (κ2) is 5.66. The number of allylic oxidation sites excluding steroid dienone is 1. The lowest BCUT2D eigenvalue weighted by Gasteiger charge is -2.05. The zero-order valence-electron chi connectivity index (χ0n) is 11.4. The molecule has 1 nitrogen and oxygen atoms in total. The maximum Gasteiger partial charge on any atom is 0.134 e. The summed E-state index contributed by atoms with van der Waals surface area (Å²) >= 11 is 0. The number of Topliss-reactive ketones (excluding diaryl/α,β-unsaturated/α-hetero) is 1. The van der Waals surface area contributed by atoms with Gasteiger partial charge in [0.1, 0.15) is 5.78 Å². The van der Waals surface area contributed by atoms with Gasteiger partial charge in [0.25, 0.3) is 0 Å². The van der Waals surface area contributed by atoms with Gasteiger partial charge < -0.3 is 0 Å². The molecule has 0 saturated carbocycles. The molecule has 2 aromatic carbocycles. The van der Waals surface area contributed by atoms with Crippen LogP contribution < -0.4 is 0 Å². The molecule has 0 heterocycles. The van der Waals surface area contributed by atoms with Crippen LogP contribution in [0.2, 0.25) is 0 Å². The van der Waals surface area contributed by atoms with Crippen LogP contribution in [0.25, 0.3) is 16.7 Å². The second-order valence-corrected chi connectivity index (χ2v) is 4.93. The Morgan fingerprint density at radius 3 is 1.79 bits per heavy atom. The van der Waals surface area contributed by atoms with Crippen LogP contribution in [0.4, 0.5) is 0 Å². The van der Waals surface area contributed by atoms with E-state index in [2.05, 4.69) is 43.0 Å². The molecule has 0 aromatic heterocycles. The van der Waals surface area contributed by atoms with E-state index in [-0.39, 0.29) is 5.78 Å². The number of carbonyl (C=O) groups is 1. The molecular formula is C18H18O. The van der Waals surface area contributed by atoms with Gasteiger partial charge in [-0.1, -0.05) is 60.7 Å². The minimum atomic E-state index is 0.193. The van der Waals surface area contributed by atoms with Crippen molar-refractivity contribution in [1.29, 1.82) is 0 Å². The summed E-state index contributed by atoms with van der Waals surface area (Å²) in [6, 6.07) is 16.5. The lowest BCUT2D eigenvalue weighted by molar-refractivity contribution is -0.116. The summed E-state index contributed by atoms with van der Waals surface area (Å²) in [5.74, 6) is 0.193. The number of hydrogen-bond donors (Lipinski definition) is 0. The van der Waals surface area contributed by atoms with E-state index in [1.54, 1.807) is 6.92 Å². The van der Waals surface area contributed by atoms with Crippen LogP contribution >= 0.6 is 0 Å². The maximum atomic E-state index is 11.1. The molecule has 0 fully saturated rings. The highest BCUT2D eigenvalue weighted by Crippen LogP contribution is 2.22. The van der Waals surface area contributed by atoms with Gasteiger partial charge in [-0.15, -0.1) is 0 Å². The normalized spacial score (nSPS) is 10.2. The van der Waals surface area contributed by atoms with E-state index in [0.717, 1.165) is 16.7 Å². The predicted molar refractivity (Wildman–Crippen MR) is 81.0 cm³/mol. The van der Waals surface area contributed by atoms with E-state index in [1.165, 1.54) is 11.1 Å². The van der Waals surface area contributed by atoms with E-state index >= 15 is 0 Å². The number of benzene rings is 2. The molecule has 1 heteroatoms. The molecule has 0 unspecified atom stereocenters. The summed E-state index contributed by atoms with van der Waals surface area (Å²) in [5.41, 5.74) is 5.65. The third kappa shape index (κ3) is 3.41. The largest absolute Gasteiger partial charge is 0.300 e. The van der Waals surface area contributed by atoms with Gasteiger partial charge in [0, 0.05) is 6.42 Å². The summed E-state index contributed by atoms with van der Waals surface area (Å²) in [6.07, 6.45) is 0.509. The molecule has 0 radical (unpaired) electrons. The lowest BCUT2D eigenvalue weighted by atomic mass is 10.00. The topological polar surface area (TPSA) is 17.1 Å². The molecule has 0 aliphatic carbocycles. The standard InChI is InChI=1S/C18H18O/c1-13(2)16-8-10-18(11-9-16)17-6-4-15(5-7-17)12-14(3)19/h4-11H,1,12H2,2-3H3. The third-order valence-corrected chi connectivity index (χ3v) is 3.12. The van der Waals surface area contributed by atoms with Gasteiger partial charge >= 0.3 is 0 Å². The number of carbonyl (C=O) groups excluding carboxylic acids is 1. The van der Waals surface area contributed by atoms with Crippen molar-refractivity contribution in [3.8, 4) is 11.1 Å². The number of rotatable bonds is 4. The molecule has 96 valence electrons. The Bertz CT molecular complexity index is 589. The van der Waals surface area contributed by atoms with E-state index in [1.807, 2.05) is 19.1 Å². The first kappa shape index (κ1) is 13.3. The monoisotopic (exact) mass is 250 g/mol. The van der Waals surface area contributed by atoms with Crippen molar-refractivity contribution < 1.29 is 4.79 Å². The Kier molecular flexibility index (Phi) is 3.96.